The highest BCUT2D eigenvalue weighted by Crippen LogP contribution is 2.32. The number of carbonyl (C=O) groups is 4. The fraction of sp³-hybridized carbons (Fsp3) is 0.250. The number of hydrogen-bond donors (Lipinski definition) is 0. The van der Waals surface area contributed by atoms with Gasteiger partial charge in [0.1, 0.15) is 12.7 Å². The lowest BCUT2D eigenvalue weighted by molar-refractivity contribution is -0.307. The second-order valence-corrected chi connectivity index (χ2v) is 11.5. The van der Waals surface area contributed by atoms with Crippen molar-refractivity contribution in [3.63, 3.8) is 0 Å². The molecule has 0 saturated carbocycles. The van der Waals surface area contributed by atoms with E-state index < -0.39 is 67.3 Å². The molecule has 1 aliphatic rings. The molecule has 6 atom stereocenters. The van der Waals surface area contributed by atoms with Gasteiger partial charge >= 0.3 is 23.9 Å². The van der Waals surface area contributed by atoms with Crippen molar-refractivity contribution < 1.29 is 47.6 Å². The van der Waals surface area contributed by atoms with Crippen LogP contribution in [0.25, 0.3) is 0 Å². The van der Waals surface area contributed by atoms with Crippen LogP contribution in [0.1, 0.15) is 61.2 Å². The van der Waals surface area contributed by atoms with Gasteiger partial charge in [0.05, 0.1) is 28.4 Å². The van der Waals surface area contributed by atoms with Crippen molar-refractivity contribution in [3.05, 3.63) is 156 Å². The van der Waals surface area contributed by atoms with Gasteiger partial charge in [0.15, 0.2) is 24.6 Å². The van der Waals surface area contributed by atoms with E-state index in [0.717, 1.165) is 0 Å². The largest absolute Gasteiger partial charge is 0.459 e. The summed E-state index contributed by atoms with van der Waals surface area (Å²) < 4.78 is 36.4. The zero-order valence-electron chi connectivity index (χ0n) is 27.5. The summed E-state index contributed by atoms with van der Waals surface area (Å²) in [6.07, 6.45) is -4.47. The standard InChI is InChI=1S/C40H38O10/c1-3-4-17-27(2)46-40-35(50-39(44)31-24-15-8-16-25-31)34(49-38(43)30-22-13-7-14-23-30)33(48-37(42)29-20-11-6-12-21-29)32(47-40)26-45-36(41)28-18-9-5-10-19-28/h3,5-16,18-25,27,32-35,40H,1,4,17,26H2,2H3/t27-,32-,33-,34+,35-,40-/m1/s1. The summed E-state index contributed by atoms with van der Waals surface area (Å²) in [5, 5.41) is 0. The minimum atomic E-state index is -1.48. The van der Waals surface area contributed by atoms with E-state index in [4.69, 9.17) is 28.4 Å². The van der Waals surface area contributed by atoms with Gasteiger partial charge in [0, 0.05) is 0 Å². The Morgan fingerprint density at radius 2 is 1.02 bits per heavy atom. The predicted molar refractivity (Wildman–Crippen MR) is 182 cm³/mol. The van der Waals surface area contributed by atoms with Crippen LogP contribution in [-0.4, -0.2) is 67.3 Å². The third kappa shape index (κ3) is 9.52. The third-order valence-corrected chi connectivity index (χ3v) is 7.88. The van der Waals surface area contributed by atoms with Crippen LogP contribution in [0.2, 0.25) is 0 Å². The van der Waals surface area contributed by atoms with E-state index in [9.17, 15) is 19.2 Å². The van der Waals surface area contributed by atoms with Gasteiger partial charge in [-0.25, -0.2) is 19.2 Å². The maximum Gasteiger partial charge on any atom is 0.338 e. The van der Waals surface area contributed by atoms with Crippen LogP contribution in [0.3, 0.4) is 0 Å². The van der Waals surface area contributed by atoms with Gasteiger partial charge in [-0.05, 0) is 68.3 Å². The van der Waals surface area contributed by atoms with Gasteiger partial charge in [-0.3, -0.25) is 0 Å². The number of benzene rings is 4. The topological polar surface area (TPSA) is 124 Å². The molecule has 1 aliphatic heterocycles. The van der Waals surface area contributed by atoms with E-state index in [1.807, 2.05) is 0 Å². The fourth-order valence-corrected chi connectivity index (χ4v) is 5.29. The van der Waals surface area contributed by atoms with Crippen LogP contribution < -0.4 is 0 Å². The fourth-order valence-electron chi connectivity index (χ4n) is 5.29. The monoisotopic (exact) mass is 678 g/mol. The van der Waals surface area contributed by atoms with E-state index in [0.29, 0.717) is 12.8 Å². The molecule has 258 valence electrons. The summed E-state index contributed by atoms with van der Waals surface area (Å²) >= 11 is 0. The average molecular weight is 679 g/mol. The minimum Gasteiger partial charge on any atom is -0.459 e. The minimum absolute atomic E-state index is 0.198. The first kappa shape index (κ1) is 35.7. The van der Waals surface area contributed by atoms with Gasteiger partial charge in [-0.15, -0.1) is 6.58 Å². The van der Waals surface area contributed by atoms with Crippen molar-refractivity contribution in [2.45, 2.75) is 56.6 Å². The molecule has 0 bridgehead atoms. The number of allylic oxidation sites excluding steroid dienone is 1. The Kier molecular flexibility index (Phi) is 12.7. The van der Waals surface area contributed by atoms with Crippen molar-refractivity contribution in [1.29, 1.82) is 0 Å². The maximum atomic E-state index is 13.7. The summed E-state index contributed by atoms with van der Waals surface area (Å²) in [7, 11) is 0. The number of rotatable bonds is 14. The summed E-state index contributed by atoms with van der Waals surface area (Å²) in [6, 6.07) is 32.9. The van der Waals surface area contributed by atoms with E-state index in [-0.39, 0.29) is 22.3 Å². The van der Waals surface area contributed by atoms with Crippen molar-refractivity contribution in [2.24, 2.45) is 0 Å². The van der Waals surface area contributed by atoms with E-state index >= 15 is 0 Å². The van der Waals surface area contributed by atoms with Crippen molar-refractivity contribution in [1.82, 2.24) is 0 Å². The zero-order valence-corrected chi connectivity index (χ0v) is 27.5. The Morgan fingerprint density at radius 1 is 0.620 bits per heavy atom. The Bertz CT molecular complexity index is 1710. The lowest BCUT2D eigenvalue weighted by Crippen LogP contribution is -2.63. The summed E-state index contributed by atoms with van der Waals surface area (Å²) in [5.41, 5.74) is 0.906. The molecule has 0 aromatic heterocycles. The van der Waals surface area contributed by atoms with Gasteiger partial charge in [0.2, 0.25) is 0 Å². The van der Waals surface area contributed by atoms with Gasteiger partial charge in [0.25, 0.3) is 0 Å². The van der Waals surface area contributed by atoms with Gasteiger partial charge in [-0.1, -0.05) is 78.9 Å². The van der Waals surface area contributed by atoms with Crippen molar-refractivity contribution in [2.75, 3.05) is 6.61 Å². The number of ether oxygens (including phenoxy) is 6. The Balaban J connectivity index is 1.55. The molecule has 4 aromatic carbocycles. The normalized spacial score (nSPS) is 20.5. The number of hydrogen-bond acceptors (Lipinski definition) is 10. The van der Waals surface area contributed by atoms with Crippen LogP contribution in [0.4, 0.5) is 0 Å². The second-order valence-electron chi connectivity index (χ2n) is 11.5. The lowest BCUT2D eigenvalue weighted by Gasteiger charge is -2.45. The molecule has 50 heavy (non-hydrogen) atoms. The Hall–Kier alpha value is -5.58. The Labute approximate surface area is 290 Å². The van der Waals surface area contributed by atoms with E-state index in [2.05, 4.69) is 6.58 Å². The van der Waals surface area contributed by atoms with Crippen LogP contribution in [-0.2, 0) is 28.4 Å². The maximum absolute atomic E-state index is 13.7. The smallest absolute Gasteiger partial charge is 0.338 e. The molecule has 4 aromatic rings. The molecule has 0 amide bonds. The highest BCUT2D eigenvalue weighted by molar-refractivity contribution is 5.91. The second kappa shape index (κ2) is 17.7. The van der Waals surface area contributed by atoms with Crippen LogP contribution >= 0.6 is 0 Å². The molecule has 10 nitrogen and oxygen atoms in total. The summed E-state index contributed by atoms with van der Waals surface area (Å²) in [5.74, 6) is -2.97. The summed E-state index contributed by atoms with van der Waals surface area (Å²) in [4.78, 5) is 53.8. The molecule has 5 rings (SSSR count). The quantitative estimate of drug-likeness (QED) is 0.0817. The number of esters is 4. The molecular weight excluding hydrogens is 640 g/mol. The molecule has 0 aliphatic carbocycles. The summed E-state index contributed by atoms with van der Waals surface area (Å²) in [6.45, 7) is 5.15. The van der Waals surface area contributed by atoms with Crippen LogP contribution in [0.15, 0.2) is 134 Å². The van der Waals surface area contributed by atoms with Crippen LogP contribution in [0, 0.1) is 0 Å². The molecule has 1 heterocycles. The molecular formula is C40H38O10. The molecule has 0 N–H and O–H groups in total. The first-order valence-electron chi connectivity index (χ1n) is 16.3. The van der Waals surface area contributed by atoms with Crippen molar-refractivity contribution >= 4 is 23.9 Å². The first-order chi connectivity index (χ1) is 24.3. The number of carbonyl (C=O) groups excluding carboxylic acids is 4. The van der Waals surface area contributed by atoms with Gasteiger partial charge in [-0.2, -0.15) is 0 Å². The molecule has 0 spiro atoms. The SMILES string of the molecule is C=CCC[C@@H](C)O[C@@H]1O[C@H](COC(=O)c2ccccc2)[C@@H](OC(=O)c2ccccc2)[C@H](OC(=O)c2ccccc2)[C@H]1OC(=O)c1ccccc1. The predicted octanol–water partition coefficient (Wildman–Crippen LogP) is 6.62. The highest BCUT2D eigenvalue weighted by atomic mass is 16.7. The first-order valence-corrected chi connectivity index (χ1v) is 16.3. The zero-order chi connectivity index (χ0) is 35.3. The molecule has 0 unspecified atom stereocenters. The Morgan fingerprint density at radius 3 is 1.46 bits per heavy atom. The van der Waals surface area contributed by atoms with Crippen molar-refractivity contribution in [3.8, 4) is 0 Å². The highest BCUT2D eigenvalue weighted by Gasteiger charge is 2.54. The lowest BCUT2D eigenvalue weighted by atomic mass is 9.97. The molecule has 1 fully saturated rings. The van der Waals surface area contributed by atoms with Gasteiger partial charge < -0.3 is 28.4 Å². The molecule has 0 radical (unpaired) electrons. The van der Waals surface area contributed by atoms with E-state index in [1.54, 1.807) is 134 Å². The van der Waals surface area contributed by atoms with Crippen LogP contribution in [0.5, 0.6) is 0 Å². The molecule has 1 saturated heterocycles. The third-order valence-electron chi connectivity index (χ3n) is 7.88. The average Bonchev–Trinajstić information content (AvgIpc) is 3.16. The molecule has 10 heteroatoms. The van der Waals surface area contributed by atoms with E-state index in [1.165, 1.54) is 0 Å².